The lowest BCUT2D eigenvalue weighted by molar-refractivity contribution is -0.153. The molecule has 0 saturated carbocycles. The van der Waals surface area contributed by atoms with Crippen molar-refractivity contribution in [2.75, 3.05) is 20.8 Å². The Bertz CT molecular complexity index is 769. The SMILES string of the molecule is COc1ccc(Br)cc1C1NC(CO)(C(=O)O)C2C(=O)N(C)C(=O)C12. The monoisotopic (exact) mass is 412 g/mol. The van der Waals surface area contributed by atoms with Gasteiger partial charge in [-0.15, -0.1) is 0 Å². The van der Waals surface area contributed by atoms with Crippen LogP contribution in [0, 0.1) is 11.8 Å². The number of carboxylic acids is 1. The number of aliphatic hydroxyl groups is 1. The van der Waals surface area contributed by atoms with E-state index >= 15 is 0 Å². The summed E-state index contributed by atoms with van der Waals surface area (Å²) < 4.78 is 6.04. The molecule has 4 atom stereocenters. The second-order valence-electron chi connectivity index (χ2n) is 6.18. The zero-order valence-electron chi connectivity index (χ0n) is 13.5. The van der Waals surface area contributed by atoms with Gasteiger partial charge in [0.25, 0.3) is 0 Å². The van der Waals surface area contributed by atoms with E-state index in [4.69, 9.17) is 4.74 Å². The number of hydrogen-bond acceptors (Lipinski definition) is 6. The van der Waals surface area contributed by atoms with Crippen LogP contribution in [0.2, 0.25) is 0 Å². The normalized spacial score (nSPS) is 31.4. The van der Waals surface area contributed by atoms with E-state index in [2.05, 4.69) is 21.2 Å². The molecule has 1 aromatic carbocycles. The number of carbonyl (C=O) groups is 3. The predicted molar refractivity (Wildman–Crippen MR) is 88.8 cm³/mol. The third-order valence-electron chi connectivity index (χ3n) is 5.03. The van der Waals surface area contributed by atoms with Crippen LogP contribution in [0.1, 0.15) is 11.6 Å². The summed E-state index contributed by atoms with van der Waals surface area (Å²) in [6, 6.07) is 4.35. The number of halogens is 1. The van der Waals surface area contributed by atoms with Crippen LogP contribution in [0.4, 0.5) is 0 Å². The molecule has 2 heterocycles. The van der Waals surface area contributed by atoms with Crippen LogP contribution in [-0.4, -0.2) is 59.2 Å². The lowest BCUT2D eigenvalue weighted by Gasteiger charge is -2.28. The summed E-state index contributed by atoms with van der Waals surface area (Å²) >= 11 is 3.35. The van der Waals surface area contributed by atoms with Gasteiger partial charge in [-0.1, -0.05) is 15.9 Å². The third kappa shape index (κ3) is 2.37. The van der Waals surface area contributed by atoms with Crippen molar-refractivity contribution < 1.29 is 29.3 Å². The summed E-state index contributed by atoms with van der Waals surface area (Å²) in [5.41, 5.74) is -1.39. The van der Waals surface area contributed by atoms with Gasteiger partial charge in [-0.05, 0) is 18.2 Å². The summed E-state index contributed by atoms with van der Waals surface area (Å²) in [6.45, 7) is -0.816. The molecule has 2 aliphatic rings. The highest BCUT2D eigenvalue weighted by Gasteiger charge is 2.68. The number of rotatable bonds is 4. The molecule has 134 valence electrons. The summed E-state index contributed by atoms with van der Waals surface area (Å²) in [4.78, 5) is 38.0. The lowest BCUT2D eigenvalue weighted by atomic mass is 9.79. The van der Waals surface area contributed by atoms with Crippen molar-refractivity contribution in [3.8, 4) is 5.75 Å². The average molecular weight is 413 g/mol. The molecule has 0 radical (unpaired) electrons. The molecular weight excluding hydrogens is 396 g/mol. The molecular formula is C16H17BrN2O6. The van der Waals surface area contributed by atoms with Crippen LogP contribution in [0.5, 0.6) is 5.75 Å². The molecule has 0 aliphatic carbocycles. The molecule has 0 spiro atoms. The van der Waals surface area contributed by atoms with Crippen LogP contribution < -0.4 is 10.1 Å². The molecule has 2 amide bonds. The van der Waals surface area contributed by atoms with E-state index < -0.39 is 47.8 Å². The Morgan fingerprint density at radius 3 is 2.64 bits per heavy atom. The van der Waals surface area contributed by atoms with Gasteiger partial charge < -0.3 is 14.9 Å². The fourth-order valence-electron chi connectivity index (χ4n) is 3.77. The molecule has 3 rings (SSSR count). The maximum Gasteiger partial charge on any atom is 0.327 e. The maximum atomic E-state index is 12.6. The van der Waals surface area contributed by atoms with Crippen molar-refractivity contribution in [2.45, 2.75) is 11.6 Å². The predicted octanol–water partition coefficient (Wildman–Crippen LogP) is 0.149. The number of ether oxygens (including phenoxy) is 1. The Labute approximate surface area is 151 Å². The lowest BCUT2D eigenvalue weighted by Crippen LogP contribution is -2.58. The molecule has 2 fully saturated rings. The fourth-order valence-corrected chi connectivity index (χ4v) is 4.15. The zero-order valence-corrected chi connectivity index (χ0v) is 15.1. The number of aliphatic hydroxyl groups excluding tert-OH is 1. The molecule has 4 unspecified atom stereocenters. The van der Waals surface area contributed by atoms with E-state index in [0.29, 0.717) is 15.8 Å². The Morgan fingerprint density at radius 1 is 1.40 bits per heavy atom. The largest absolute Gasteiger partial charge is 0.496 e. The molecule has 1 aromatic rings. The summed E-state index contributed by atoms with van der Waals surface area (Å²) in [7, 11) is 2.78. The van der Waals surface area contributed by atoms with Crippen LogP contribution >= 0.6 is 15.9 Å². The second kappa shape index (κ2) is 6.08. The van der Waals surface area contributed by atoms with Crippen molar-refractivity contribution in [2.24, 2.45) is 11.8 Å². The number of methoxy groups -OCH3 is 1. The number of fused-ring (bicyclic) bond motifs is 1. The molecule has 2 saturated heterocycles. The summed E-state index contributed by atoms with van der Waals surface area (Å²) in [5, 5.41) is 22.3. The molecule has 8 nitrogen and oxygen atoms in total. The number of hydrogen-bond donors (Lipinski definition) is 3. The maximum absolute atomic E-state index is 12.6. The smallest absolute Gasteiger partial charge is 0.327 e. The molecule has 0 bridgehead atoms. The van der Waals surface area contributed by atoms with Crippen molar-refractivity contribution in [1.29, 1.82) is 0 Å². The minimum Gasteiger partial charge on any atom is -0.496 e. The summed E-state index contributed by atoms with van der Waals surface area (Å²) in [6.07, 6.45) is 0. The highest BCUT2D eigenvalue weighted by Crippen LogP contribution is 2.50. The number of nitrogens with zero attached hydrogens (tertiary/aromatic N) is 1. The van der Waals surface area contributed by atoms with Gasteiger partial charge in [-0.25, -0.2) is 0 Å². The fraction of sp³-hybridized carbons (Fsp3) is 0.438. The van der Waals surface area contributed by atoms with Gasteiger partial charge in [-0.3, -0.25) is 24.6 Å². The van der Waals surface area contributed by atoms with E-state index in [1.54, 1.807) is 18.2 Å². The highest BCUT2D eigenvalue weighted by atomic mass is 79.9. The number of aliphatic carboxylic acids is 1. The number of carbonyl (C=O) groups excluding carboxylic acids is 2. The Kier molecular flexibility index (Phi) is 4.34. The summed E-state index contributed by atoms with van der Waals surface area (Å²) in [5.74, 6) is -4.15. The number of amides is 2. The Morgan fingerprint density at radius 2 is 2.08 bits per heavy atom. The van der Waals surface area contributed by atoms with Crippen LogP contribution in [0.25, 0.3) is 0 Å². The quantitative estimate of drug-likeness (QED) is 0.602. The van der Waals surface area contributed by atoms with Gasteiger partial charge in [0, 0.05) is 23.1 Å². The number of carboxylic acid groups (broad SMARTS) is 1. The van der Waals surface area contributed by atoms with Gasteiger partial charge in [0.05, 0.1) is 25.6 Å². The van der Waals surface area contributed by atoms with Gasteiger partial charge >= 0.3 is 5.97 Å². The van der Waals surface area contributed by atoms with Crippen LogP contribution in [-0.2, 0) is 14.4 Å². The first-order valence-corrected chi connectivity index (χ1v) is 8.34. The van der Waals surface area contributed by atoms with Crippen molar-refractivity contribution in [3.63, 3.8) is 0 Å². The minimum atomic E-state index is -1.93. The first-order valence-electron chi connectivity index (χ1n) is 7.55. The van der Waals surface area contributed by atoms with Crippen molar-refractivity contribution in [1.82, 2.24) is 10.2 Å². The van der Waals surface area contributed by atoms with E-state index in [1.807, 2.05) is 0 Å². The topological polar surface area (TPSA) is 116 Å². The molecule has 2 aliphatic heterocycles. The first kappa shape index (κ1) is 17.8. The number of nitrogens with one attached hydrogen (secondary N) is 1. The molecule has 9 heteroatoms. The van der Waals surface area contributed by atoms with Gasteiger partial charge in [0.1, 0.15) is 5.75 Å². The minimum absolute atomic E-state index is 0.452. The molecule has 25 heavy (non-hydrogen) atoms. The van der Waals surface area contributed by atoms with Gasteiger partial charge in [0.2, 0.25) is 11.8 Å². The van der Waals surface area contributed by atoms with E-state index in [9.17, 15) is 24.6 Å². The van der Waals surface area contributed by atoms with Gasteiger partial charge in [0.15, 0.2) is 5.54 Å². The zero-order chi connectivity index (χ0) is 18.5. The van der Waals surface area contributed by atoms with Crippen LogP contribution in [0.15, 0.2) is 22.7 Å². The third-order valence-corrected chi connectivity index (χ3v) is 5.53. The number of imide groups is 1. The second-order valence-corrected chi connectivity index (χ2v) is 7.10. The van der Waals surface area contributed by atoms with E-state index in [-0.39, 0.29) is 0 Å². The van der Waals surface area contributed by atoms with E-state index in [1.165, 1.54) is 14.2 Å². The molecule has 0 aromatic heterocycles. The standard InChI is InChI=1S/C16H17BrN2O6/c1-19-13(21)10-11(14(19)22)16(6-20,15(23)24)18-12(10)8-5-7(17)3-4-9(8)25-2/h3-5,10-12,18,20H,6H2,1-2H3,(H,23,24). The Hall–Kier alpha value is -1.97. The Balaban J connectivity index is 2.19. The number of likely N-dealkylation sites (tertiary alicyclic amines) is 1. The first-order chi connectivity index (χ1) is 11.8. The average Bonchev–Trinajstić information content (AvgIpc) is 3.05. The van der Waals surface area contributed by atoms with Gasteiger partial charge in [-0.2, -0.15) is 0 Å². The van der Waals surface area contributed by atoms with E-state index in [0.717, 1.165) is 4.90 Å². The number of benzene rings is 1. The van der Waals surface area contributed by atoms with Crippen LogP contribution in [0.3, 0.4) is 0 Å². The van der Waals surface area contributed by atoms with Crippen molar-refractivity contribution >= 4 is 33.7 Å². The van der Waals surface area contributed by atoms with Crippen molar-refractivity contribution in [3.05, 3.63) is 28.2 Å². The molecule has 3 N–H and O–H groups in total. The highest BCUT2D eigenvalue weighted by molar-refractivity contribution is 9.10.